The van der Waals surface area contributed by atoms with E-state index < -0.39 is 0 Å². The van der Waals surface area contributed by atoms with Gasteiger partial charge in [0.15, 0.2) is 5.82 Å². The molecule has 3 heterocycles. The summed E-state index contributed by atoms with van der Waals surface area (Å²) in [5.41, 5.74) is 8.80. The smallest absolute Gasteiger partial charge is 0.331 e. The second kappa shape index (κ2) is 7.51. The summed E-state index contributed by atoms with van der Waals surface area (Å²) >= 11 is 0. The molecule has 1 amide bonds. The van der Waals surface area contributed by atoms with Crippen LogP contribution in [0.3, 0.4) is 0 Å². The Morgan fingerprint density at radius 2 is 2.00 bits per heavy atom. The molecule has 4 rings (SSSR count). The fraction of sp³-hybridized carbons (Fsp3) is 0.238. The summed E-state index contributed by atoms with van der Waals surface area (Å²) in [5, 5.41) is 10.7. The number of hydrogen-bond donors (Lipinski definition) is 3. The molecule has 0 radical (unpaired) electrons. The highest BCUT2D eigenvalue weighted by Crippen LogP contribution is 2.29. The zero-order valence-electron chi connectivity index (χ0n) is 17.2. The van der Waals surface area contributed by atoms with Crippen molar-refractivity contribution < 1.29 is 9.53 Å². The van der Waals surface area contributed by atoms with Gasteiger partial charge < -0.3 is 10.5 Å². The first-order valence-corrected chi connectivity index (χ1v) is 9.58. The van der Waals surface area contributed by atoms with Crippen LogP contribution in [0.25, 0.3) is 10.9 Å². The molecule has 0 fully saturated rings. The van der Waals surface area contributed by atoms with Crippen LogP contribution in [-0.2, 0) is 0 Å². The van der Waals surface area contributed by atoms with Crippen molar-refractivity contribution in [3.05, 3.63) is 53.7 Å². The molecule has 0 aliphatic carbocycles. The fourth-order valence-corrected chi connectivity index (χ4v) is 3.11. The van der Waals surface area contributed by atoms with Crippen molar-refractivity contribution in [2.45, 2.75) is 33.6 Å². The Labute approximate surface area is 173 Å². The lowest BCUT2D eigenvalue weighted by atomic mass is 10.1. The highest BCUT2D eigenvalue weighted by molar-refractivity contribution is 5.98. The van der Waals surface area contributed by atoms with Crippen LogP contribution < -0.4 is 15.8 Å². The Balaban J connectivity index is 1.57. The van der Waals surface area contributed by atoms with Gasteiger partial charge in [0.1, 0.15) is 17.3 Å². The molecule has 1 aromatic carbocycles. The van der Waals surface area contributed by atoms with E-state index in [0.29, 0.717) is 40.6 Å². The number of carbonyl (C=O) groups is 1. The van der Waals surface area contributed by atoms with Crippen LogP contribution in [0.2, 0.25) is 0 Å². The van der Waals surface area contributed by atoms with Crippen molar-refractivity contribution in [2.24, 2.45) is 0 Å². The number of anilines is 2. The second-order valence-corrected chi connectivity index (χ2v) is 7.38. The van der Waals surface area contributed by atoms with Gasteiger partial charge in [0, 0.05) is 23.3 Å². The zero-order chi connectivity index (χ0) is 21.4. The number of hydrogen-bond acceptors (Lipinski definition) is 6. The van der Waals surface area contributed by atoms with Crippen LogP contribution in [0.15, 0.2) is 36.5 Å². The third-order valence-electron chi connectivity index (χ3n) is 4.76. The van der Waals surface area contributed by atoms with Crippen molar-refractivity contribution in [3.8, 4) is 11.6 Å². The molecule has 0 saturated heterocycles. The first kappa shape index (κ1) is 19.4. The molecular weight excluding hydrogens is 382 g/mol. The predicted octanol–water partition coefficient (Wildman–Crippen LogP) is 4.35. The van der Waals surface area contributed by atoms with Gasteiger partial charge in [-0.15, -0.1) is 0 Å². The topological polar surface area (TPSA) is 124 Å². The largest absolute Gasteiger partial charge is 0.437 e. The zero-order valence-corrected chi connectivity index (χ0v) is 17.2. The predicted molar refractivity (Wildman–Crippen MR) is 115 cm³/mol. The first-order chi connectivity index (χ1) is 14.3. The van der Waals surface area contributed by atoms with E-state index in [9.17, 15) is 4.79 Å². The van der Waals surface area contributed by atoms with Gasteiger partial charge in [0.25, 0.3) is 0 Å². The molecule has 4 N–H and O–H groups in total. The molecule has 30 heavy (non-hydrogen) atoms. The Hall–Kier alpha value is -3.88. The Kier molecular flexibility index (Phi) is 4.86. The number of aryl methyl sites for hydroxylation is 2. The maximum Gasteiger partial charge on any atom is 0.331 e. The molecule has 3 aromatic heterocycles. The first-order valence-electron chi connectivity index (χ1n) is 9.58. The summed E-state index contributed by atoms with van der Waals surface area (Å²) in [6, 6.07) is 8.78. The molecule has 4 aromatic rings. The van der Waals surface area contributed by atoms with Crippen LogP contribution in [0, 0.1) is 13.8 Å². The molecule has 0 bridgehead atoms. The molecule has 0 unspecified atom stereocenters. The second-order valence-electron chi connectivity index (χ2n) is 7.38. The van der Waals surface area contributed by atoms with E-state index in [1.165, 1.54) is 4.57 Å². The maximum absolute atomic E-state index is 12.7. The molecule has 0 atom stereocenters. The number of nitrogen functional groups attached to an aromatic ring is 1. The molecular formula is C21H23N7O2. The molecule has 0 aliphatic rings. The number of H-pyrrole nitrogens is 1. The summed E-state index contributed by atoms with van der Waals surface area (Å²) < 4.78 is 7.39. The minimum Gasteiger partial charge on any atom is -0.437 e. The van der Waals surface area contributed by atoms with E-state index in [-0.39, 0.29) is 6.03 Å². The number of benzene rings is 1. The van der Waals surface area contributed by atoms with E-state index in [4.69, 9.17) is 10.5 Å². The van der Waals surface area contributed by atoms with Crippen LogP contribution in [0.1, 0.15) is 37.0 Å². The average Bonchev–Trinajstić information content (AvgIpc) is 3.32. The van der Waals surface area contributed by atoms with Crippen molar-refractivity contribution in [3.63, 3.8) is 0 Å². The fourth-order valence-electron chi connectivity index (χ4n) is 3.11. The van der Waals surface area contributed by atoms with Crippen LogP contribution in [-0.4, -0.2) is 30.8 Å². The van der Waals surface area contributed by atoms with E-state index in [2.05, 4.69) is 39.3 Å². The van der Waals surface area contributed by atoms with Gasteiger partial charge in [-0.2, -0.15) is 10.1 Å². The summed E-state index contributed by atoms with van der Waals surface area (Å²) in [6.45, 7) is 7.69. The summed E-state index contributed by atoms with van der Waals surface area (Å²) in [4.78, 5) is 21.2. The Morgan fingerprint density at radius 1 is 1.20 bits per heavy atom. The van der Waals surface area contributed by atoms with Gasteiger partial charge in [-0.1, -0.05) is 13.8 Å². The standard InChI is InChI=1S/C21H23N7O2/c1-11(2)16-10-18(27-26-16)25-21(29)28-8-7-14-9-15(5-6-17(14)28)30-20-19(22)12(3)23-13(4)24-20/h5-11H,22H2,1-4H3,(H2,25,26,27,29). The number of rotatable bonds is 4. The van der Waals surface area contributed by atoms with E-state index in [1.807, 2.05) is 31.2 Å². The lowest BCUT2D eigenvalue weighted by Crippen LogP contribution is -2.18. The van der Waals surface area contributed by atoms with Crippen LogP contribution in [0.5, 0.6) is 11.6 Å². The SMILES string of the molecule is Cc1nc(C)c(N)c(Oc2ccc3c(ccn3C(=O)Nc3cc(C(C)C)[nH]n3)c2)n1. The number of nitrogens with two attached hydrogens (primary N) is 1. The quantitative estimate of drug-likeness (QED) is 0.464. The van der Waals surface area contributed by atoms with Gasteiger partial charge in [0.2, 0.25) is 5.88 Å². The molecule has 0 spiro atoms. The molecule has 9 nitrogen and oxygen atoms in total. The Morgan fingerprint density at radius 3 is 2.73 bits per heavy atom. The Bertz CT molecular complexity index is 1240. The van der Waals surface area contributed by atoms with Gasteiger partial charge in [-0.3, -0.25) is 15.0 Å². The lowest BCUT2D eigenvalue weighted by Gasteiger charge is -2.10. The van der Waals surface area contributed by atoms with Gasteiger partial charge >= 0.3 is 6.03 Å². The average molecular weight is 405 g/mol. The van der Waals surface area contributed by atoms with Gasteiger partial charge in [-0.05, 0) is 44.0 Å². The third-order valence-corrected chi connectivity index (χ3v) is 4.76. The third kappa shape index (κ3) is 3.69. The summed E-state index contributed by atoms with van der Waals surface area (Å²) in [7, 11) is 0. The molecule has 154 valence electrons. The lowest BCUT2D eigenvalue weighted by molar-refractivity contribution is 0.254. The van der Waals surface area contributed by atoms with Crippen molar-refractivity contribution >= 4 is 28.4 Å². The van der Waals surface area contributed by atoms with E-state index in [1.54, 1.807) is 19.2 Å². The number of carbonyl (C=O) groups excluding carboxylic acids is 1. The number of nitrogens with one attached hydrogen (secondary N) is 2. The van der Waals surface area contributed by atoms with E-state index in [0.717, 1.165) is 16.6 Å². The number of amides is 1. The molecule has 0 saturated carbocycles. The monoisotopic (exact) mass is 405 g/mol. The highest BCUT2D eigenvalue weighted by atomic mass is 16.5. The number of nitrogens with zero attached hydrogens (tertiary/aromatic N) is 4. The summed E-state index contributed by atoms with van der Waals surface area (Å²) in [6.07, 6.45) is 1.70. The maximum atomic E-state index is 12.7. The minimum atomic E-state index is -0.299. The molecule has 0 aliphatic heterocycles. The van der Waals surface area contributed by atoms with Gasteiger partial charge in [0.05, 0.1) is 11.2 Å². The van der Waals surface area contributed by atoms with Gasteiger partial charge in [-0.25, -0.2) is 9.78 Å². The number of fused-ring (bicyclic) bond motifs is 1. The molecule has 9 heteroatoms. The highest BCUT2D eigenvalue weighted by Gasteiger charge is 2.14. The normalized spacial score (nSPS) is 11.2. The van der Waals surface area contributed by atoms with E-state index >= 15 is 0 Å². The van der Waals surface area contributed by atoms with Crippen molar-refractivity contribution in [1.82, 2.24) is 24.7 Å². The van der Waals surface area contributed by atoms with Crippen molar-refractivity contribution in [2.75, 3.05) is 11.1 Å². The van der Waals surface area contributed by atoms with Crippen LogP contribution in [0.4, 0.5) is 16.3 Å². The van der Waals surface area contributed by atoms with Crippen molar-refractivity contribution in [1.29, 1.82) is 0 Å². The number of aromatic nitrogens is 5. The minimum absolute atomic E-state index is 0.297. The number of aromatic amines is 1. The van der Waals surface area contributed by atoms with Crippen LogP contribution >= 0.6 is 0 Å². The number of ether oxygens (including phenoxy) is 1. The summed E-state index contributed by atoms with van der Waals surface area (Å²) in [5.74, 6) is 2.25.